The van der Waals surface area contributed by atoms with E-state index in [1.54, 1.807) is 22.0 Å². The van der Waals surface area contributed by atoms with Crippen molar-refractivity contribution in [2.45, 2.75) is 78.0 Å². The number of fused-ring (bicyclic) bond motifs is 2. The number of carbonyl (C=O) groups is 3. The molecular weight excluding hydrogens is 528 g/mol. The number of ketones is 1. The van der Waals surface area contributed by atoms with Gasteiger partial charge in [-0.3, -0.25) is 19.1 Å². The molecule has 2 fully saturated rings. The van der Waals surface area contributed by atoms with Crippen molar-refractivity contribution >= 4 is 28.5 Å². The first-order valence-corrected chi connectivity index (χ1v) is 14.6. The summed E-state index contributed by atoms with van der Waals surface area (Å²) in [6, 6.07) is 15.4. The van der Waals surface area contributed by atoms with E-state index in [1.807, 2.05) is 50.2 Å². The van der Waals surface area contributed by atoms with Gasteiger partial charge in [-0.15, -0.1) is 0 Å². The van der Waals surface area contributed by atoms with Gasteiger partial charge in [0.2, 0.25) is 11.8 Å². The van der Waals surface area contributed by atoms with E-state index in [9.17, 15) is 14.4 Å². The predicted octanol–water partition coefficient (Wildman–Crippen LogP) is 4.52. The third-order valence-corrected chi connectivity index (χ3v) is 8.81. The van der Waals surface area contributed by atoms with Crippen LogP contribution in [-0.2, 0) is 22.6 Å². The van der Waals surface area contributed by atoms with Crippen LogP contribution in [-0.4, -0.2) is 60.4 Å². The van der Waals surface area contributed by atoms with Crippen LogP contribution in [0.1, 0.15) is 61.9 Å². The van der Waals surface area contributed by atoms with Gasteiger partial charge in [0.25, 0.3) is 0 Å². The molecule has 6 rings (SSSR count). The number of aromatic nitrogens is 4. The predicted molar refractivity (Wildman–Crippen MR) is 160 cm³/mol. The van der Waals surface area contributed by atoms with Crippen LogP contribution in [0, 0.1) is 12.3 Å². The lowest BCUT2D eigenvalue weighted by Gasteiger charge is -2.28. The molecule has 9 heteroatoms. The number of hydrogen-bond donors (Lipinski definition) is 1. The first-order valence-electron chi connectivity index (χ1n) is 14.6. The number of hydrogen-bond acceptors (Lipinski definition) is 6. The van der Waals surface area contributed by atoms with Crippen molar-refractivity contribution in [1.29, 1.82) is 0 Å². The van der Waals surface area contributed by atoms with E-state index in [0.717, 1.165) is 30.4 Å². The van der Waals surface area contributed by atoms with Crippen molar-refractivity contribution < 1.29 is 14.4 Å². The number of Topliss-reactive ketones (excluding diaryl/α,β-unsaturated/α-hetero) is 1. The molecule has 3 heterocycles. The zero-order valence-electron chi connectivity index (χ0n) is 24.5. The number of piperidine rings is 1. The van der Waals surface area contributed by atoms with Crippen LogP contribution in [0.2, 0.25) is 0 Å². The molecular formula is C33H36N6O3. The van der Waals surface area contributed by atoms with Crippen molar-refractivity contribution in [3.63, 3.8) is 0 Å². The maximum Gasteiger partial charge on any atom is 0.245 e. The van der Waals surface area contributed by atoms with Crippen molar-refractivity contribution in [2.24, 2.45) is 5.41 Å². The van der Waals surface area contributed by atoms with Gasteiger partial charge in [0.15, 0.2) is 5.78 Å². The molecule has 1 aliphatic carbocycles. The molecule has 0 bridgehead atoms. The van der Waals surface area contributed by atoms with E-state index in [0.29, 0.717) is 28.8 Å². The number of aryl methyl sites for hydroxylation is 2. The van der Waals surface area contributed by atoms with Crippen LogP contribution in [0.15, 0.2) is 60.9 Å². The molecule has 2 aromatic carbocycles. The molecule has 2 aromatic heterocycles. The molecule has 9 nitrogen and oxygen atoms in total. The van der Waals surface area contributed by atoms with Gasteiger partial charge in [0.05, 0.1) is 5.52 Å². The summed E-state index contributed by atoms with van der Waals surface area (Å²) in [6.45, 7) is 7.42. The Morgan fingerprint density at radius 3 is 2.50 bits per heavy atom. The van der Waals surface area contributed by atoms with E-state index < -0.39 is 6.04 Å². The van der Waals surface area contributed by atoms with Crippen LogP contribution in [0.3, 0.4) is 0 Å². The van der Waals surface area contributed by atoms with Gasteiger partial charge in [-0.1, -0.05) is 43.3 Å². The van der Waals surface area contributed by atoms with Crippen LogP contribution >= 0.6 is 0 Å². The third kappa shape index (κ3) is 5.31. The minimum atomic E-state index is -0.511. The molecule has 1 saturated heterocycles. The second-order valence-corrected chi connectivity index (χ2v) is 12.1. The van der Waals surface area contributed by atoms with E-state index in [2.05, 4.69) is 39.4 Å². The maximum absolute atomic E-state index is 13.8. The Hall–Kier alpha value is -4.40. The van der Waals surface area contributed by atoms with Gasteiger partial charge in [0.1, 0.15) is 24.1 Å². The Bertz CT molecular complexity index is 1660. The normalized spacial score (nSPS) is 21.7. The van der Waals surface area contributed by atoms with Crippen LogP contribution in [0.5, 0.6) is 0 Å². The molecule has 1 saturated carbocycles. The first-order chi connectivity index (χ1) is 20.1. The molecule has 1 unspecified atom stereocenters. The molecule has 2 aliphatic rings. The van der Waals surface area contributed by atoms with Crippen LogP contribution < -0.4 is 5.32 Å². The smallest absolute Gasteiger partial charge is 0.245 e. The number of nitrogens with zero attached hydrogens (tertiary/aromatic N) is 5. The average Bonchev–Trinajstić information content (AvgIpc) is 3.34. The Kier molecular flexibility index (Phi) is 7.12. The highest BCUT2D eigenvalue weighted by Gasteiger charge is 2.64. The summed E-state index contributed by atoms with van der Waals surface area (Å²) in [7, 11) is 0. The lowest BCUT2D eigenvalue weighted by atomic mass is 10.0. The van der Waals surface area contributed by atoms with E-state index in [4.69, 9.17) is 0 Å². The van der Waals surface area contributed by atoms with Crippen molar-refractivity contribution in [3.05, 3.63) is 78.0 Å². The number of carbonyl (C=O) groups excluding carboxylic acids is 3. The van der Waals surface area contributed by atoms with Gasteiger partial charge < -0.3 is 10.2 Å². The van der Waals surface area contributed by atoms with Gasteiger partial charge in [-0.25, -0.2) is 9.97 Å². The first kappa shape index (κ1) is 27.8. The largest absolute Gasteiger partial charge is 0.352 e. The number of nitrogens with one attached hydrogen (secondary N) is 1. The number of likely N-dealkylation sites (tertiary alicyclic amines) is 1. The number of benzene rings is 2. The van der Waals surface area contributed by atoms with Crippen molar-refractivity contribution in [2.75, 3.05) is 0 Å². The fourth-order valence-corrected chi connectivity index (χ4v) is 6.29. The highest BCUT2D eigenvalue weighted by atomic mass is 16.2. The number of amides is 2. The summed E-state index contributed by atoms with van der Waals surface area (Å²) in [5, 5.41) is 8.40. The fraction of sp³-hybridized carbons (Fsp3) is 0.394. The molecule has 216 valence electrons. The Morgan fingerprint density at radius 2 is 1.79 bits per heavy atom. The second-order valence-electron chi connectivity index (χ2n) is 12.1. The van der Waals surface area contributed by atoms with Crippen LogP contribution in [0.25, 0.3) is 22.0 Å². The average molecular weight is 565 g/mol. The van der Waals surface area contributed by atoms with Gasteiger partial charge in [-0.2, -0.15) is 5.10 Å². The summed E-state index contributed by atoms with van der Waals surface area (Å²) in [4.78, 5) is 50.2. The van der Waals surface area contributed by atoms with Gasteiger partial charge in [-0.05, 0) is 68.2 Å². The standard InChI is InChI=1S/C33H36N6O3/c1-20(10-11-23-8-6-5-7-9-23)36-32(42)28-15-33(4)16-29(33)39(28)30(41)19-38-27-13-12-24(25-17-34-22(3)35-18-25)14-26(27)31(37-38)21(2)40/h5-9,12-14,17-18,20,28-29H,10-11,15-16,19H2,1-4H3,(H,36,42)/t20-,28-,29?,33-/m0/s1. The second kappa shape index (κ2) is 10.8. The molecule has 42 heavy (non-hydrogen) atoms. The molecule has 1 aliphatic heterocycles. The zero-order valence-corrected chi connectivity index (χ0v) is 24.5. The van der Waals surface area contributed by atoms with E-state index >= 15 is 0 Å². The SMILES string of the molecule is CC(=O)c1nn(CC(=O)N2C3C[C@]3(C)C[C@H]2C(=O)N[C@@H](C)CCc2ccccc2)c2ccc(-c3cnc(C)nc3)cc12. The Labute approximate surface area is 245 Å². The zero-order chi connectivity index (χ0) is 29.6. The summed E-state index contributed by atoms with van der Waals surface area (Å²) in [6.07, 6.45) is 6.74. The highest BCUT2D eigenvalue weighted by molar-refractivity contribution is 6.06. The summed E-state index contributed by atoms with van der Waals surface area (Å²) in [5.41, 5.74) is 3.90. The molecule has 0 radical (unpaired) electrons. The summed E-state index contributed by atoms with van der Waals surface area (Å²) >= 11 is 0. The lowest BCUT2D eigenvalue weighted by molar-refractivity contribution is -0.140. The number of rotatable bonds is 9. The minimum absolute atomic E-state index is 0.0132. The highest BCUT2D eigenvalue weighted by Crippen LogP contribution is 2.59. The molecule has 4 aromatic rings. The maximum atomic E-state index is 13.8. The quantitative estimate of drug-likeness (QED) is 0.299. The topological polar surface area (TPSA) is 110 Å². The molecule has 2 amide bonds. The van der Waals surface area contributed by atoms with E-state index in [1.165, 1.54) is 12.5 Å². The van der Waals surface area contributed by atoms with Gasteiger partial charge >= 0.3 is 0 Å². The lowest BCUT2D eigenvalue weighted by Crippen LogP contribution is -2.50. The van der Waals surface area contributed by atoms with Gasteiger partial charge in [0, 0.05) is 42.4 Å². The molecule has 0 spiro atoms. The monoisotopic (exact) mass is 564 g/mol. The molecule has 4 atom stereocenters. The van der Waals surface area contributed by atoms with Crippen molar-refractivity contribution in [1.82, 2.24) is 30.0 Å². The van der Waals surface area contributed by atoms with Crippen molar-refractivity contribution in [3.8, 4) is 11.1 Å². The Balaban J connectivity index is 1.20. The fourth-order valence-electron chi connectivity index (χ4n) is 6.29. The minimum Gasteiger partial charge on any atom is -0.352 e. The molecule has 1 N–H and O–H groups in total. The summed E-state index contributed by atoms with van der Waals surface area (Å²) in [5.74, 6) is 0.241. The Morgan fingerprint density at radius 1 is 1.05 bits per heavy atom. The summed E-state index contributed by atoms with van der Waals surface area (Å²) < 4.78 is 1.60. The third-order valence-electron chi connectivity index (χ3n) is 8.81. The van der Waals surface area contributed by atoms with E-state index in [-0.39, 0.29) is 41.6 Å². The van der Waals surface area contributed by atoms with Crippen LogP contribution in [0.4, 0.5) is 0 Å².